The van der Waals surface area contributed by atoms with Gasteiger partial charge in [0, 0.05) is 81.7 Å². The molecule has 3 saturated heterocycles. The standard InChI is InChI=1S/C43H54N10O4/c1-29-22-31(23-34-27-46-49-40(29)34)25-37(48-43(57)52-16-10-36(11-17-52)53-28-33-5-3-2-4-32(33)26-39(53)54)41(55)47-38(24-30-6-12-44-13-7-30)42(56)51-20-18-50(19-21-51)35-8-14-45-15-9-35/h2-5,8-9,14-15,22-23,27,30,36-38,44H,6-7,10-13,16-21,24-26,28H2,1H3,(H,46,49)(H,47,55)(H,48,57)/t37-,38+/m1/s1. The molecule has 57 heavy (non-hydrogen) atoms. The third-order valence-electron chi connectivity index (χ3n) is 12.4. The summed E-state index contributed by atoms with van der Waals surface area (Å²) in [7, 11) is 0. The summed E-state index contributed by atoms with van der Waals surface area (Å²) in [5, 5.41) is 17.8. The molecule has 6 heterocycles. The Hall–Kier alpha value is -5.50. The van der Waals surface area contributed by atoms with E-state index in [1.165, 1.54) is 5.56 Å². The van der Waals surface area contributed by atoms with E-state index in [1.54, 1.807) is 23.5 Å². The summed E-state index contributed by atoms with van der Waals surface area (Å²) in [5.74, 6) is -0.0285. The highest BCUT2D eigenvalue weighted by atomic mass is 16.2. The second-order valence-corrected chi connectivity index (χ2v) is 16.1. The van der Waals surface area contributed by atoms with Crippen LogP contribution >= 0.6 is 0 Å². The molecule has 3 fully saturated rings. The number of piperazine rings is 1. The number of aryl methyl sites for hydroxylation is 1. The van der Waals surface area contributed by atoms with Crippen molar-refractivity contribution in [2.45, 2.75) is 76.5 Å². The normalized spacial score (nSPS) is 19.3. The number of hydrogen-bond acceptors (Lipinski definition) is 8. The van der Waals surface area contributed by atoms with Gasteiger partial charge in [0.05, 0.1) is 18.1 Å². The van der Waals surface area contributed by atoms with Crippen molar-refractivity contribution in [2.75, 3.05) is 57.3 Å². The van der Waals surface area contributed by atoms with Gasteiger partial charge in [-0.25, -0.2) is 4.79 Å². The van der Waals surface area contributed by atoms with E-state index in [-0.39, 0.29) is 36.2 Å². The van der Waals surface area contributed by atoms with Crippen LogP contribution in [-0.2, 0) is 33.8 Å². The van der Waals surface area contributed by atoms with Crippen LogP contribution in [0.3, 0.4) is 0 Å². The molecule has 4 N–H and O–H groups in total. The number of fused-ring (bicyclic) bond motifs is 2. The lowest BCUT2D eigenvalue weighted by molar-refractivity contribution is -0.137. The van der Waals surface area contributed by atoms with Gasteiger partial charge in [-0.3, -0.25) is 24.5 Å². The van der Waals surface area contributed by atoms with Crippen molar-refractivity contribution < 1.29 is 19.2 Å². The van der Waals surface area contributed by atoms with Crippen molar-refractivity contribution in [1.29, 1.82) is 0 Å². The van der Waals surface area contributed by atoms with E-state index in [0.717, 1.165) is 59.2 Å². The molecule has 4 aliphatic rings. The van der Waals surface area contributed by atoms with E-state index in [9.17, 15) is 19.2 Å². The molecular formula is C43H54N10O4. The second kappa shape index (κ2) is 17.3. The molecule has 14 heteroatoms. The van der Waals surface area contributed by atoms with Crippen LogP contribution in [0.15, 0.2) is 67.1 Å². The number of aromatic amines is 1. The van der Waals surface area contributed by atoms with Crippen LogP contribution in [0.2, 0.25) is 0 Å². The summed E-state index contributed by atoms with van der Waals surface area (Å²) in [6, 6.07) is 14.2. The largest absolute Gasteiger partial charge is 0.368 e. The Kier molecular flexibility index (Phi) is 11.7. The number of likely N-dealkylation sites (tertiary alicyclic amines) is 1. The number of pyridine rings is 1. The molecule has 2 aromatic heterocycles. The quantitative estimate of drug-likeness (QED) is 0.192. The van der Waals surface area contributed by atoms with Crippen molar-refractivity contribution in [1.82, 2.24) is 45.8 Å². The second-order valence-electron chi connectivity index (χ2n) is 16.1. The molecule has 0 bridgehead atoms. The average molecular weight is 775 g/mol. The number of nitrogens with one attached hydrogen (secondary N) is 4. The minimum absolute atomic E-state index is 0.0481. The number of carbonyl (C=O) groups excluding carboxylic acids is 4. The molecule has 2 atom stereocenters. The molecule has 300 valence electrons. The third kappa shape index (κ3) is 8.90. The number of nitrogens with zero attached hydrogens (tertiary/aromatic N) is 6. The Morgan fingerprint density at radius 1 is 0.860 bits per heavy atom. The van der Waals surface area contributed by atoms with Crippen molar-refractivity contribution in [3.63, 3.8) is 0 Å². The Balaban J connectivity index is 0.967. The molecule has 4 aliphatic heterocycles. The van der Waals surface area contributed by atoms with Gasteiger partial charge >= 0.3 is 6.03 Å². The fourth-order valence-electron chi connectivity index (χ4n) is 9.15. The van der Waals surface area contributed by atoms with Gasteiger partial charge in [-0.05, 0) is 98.5 Å². The van der Waals surface area contributed by atoms with Crippen LogP contribution in [-0.4, -0.2) is 124 Å². The first kappa shape index (κ1) is 38.4. The number of carbonyl (C=O) groups is 4. The van der Waals surface area contributed by atoms with Gasteiger partial charge in [0.1, 0.15) is 12.1 Å². The summed E-state index contributed by atoms with van der Waals surface area (Å²) < 4.78 is 0. The van der Waals surface area contributed by atoms with Crippen LogP contribution in [0.5, 0.6) is 0 Å². The topological polar surface area (TPSA) is 159 Å². The Morgan fingerprint density at radius 3 is 2.35 bits per heavy atom. The molecule has 4 aromatic rings. The van der Waals surface area contributed by atoms with Crippen LogP contribution in [0.1, 0.15) is 54.4 Å². The smallest absolute Gasteiger partial charge is 0.318 e. The number of rotatable bonds is 10. The van der Waals surface area contributed by atoms with E-state index >= 15 is 0 Å². The number of H-pyrrole nitrogens is 1. The van der Waals surface area contributed by atoms with Crippen molar-refractivity contribution in [3.8, 4) is 0 Å². The molecule has 0 spiro atoms. The van der Waals surface area contributed by atoms with E-state index in [0.29, 0.717) is 77.4 Å². The lowest BCUT2D eigenvalue weighted by Crippen LogP contribution is -2.59. The zero-order chi connectivity index (χ0) is 39.3. The molecule has 2 aromatic carbocycles. The summed E-state index contributed by atoms with van der Waals surface area (Å²) in [6.07, 6.45) is 9.71. The SMILES string of the molecule is Cc1cc(C[C@@H](NC(=O)N2CCC(N3Cc4ccccc4CC3=O)CC2)C(=O)N[C@@H](CC2CCNCC2)C(=O)N2CCN(c3ccncc3)CC2)cc2cn[nH]c12. The zero-order valence-electron chi connectivity index (χ0n) is 32.8. The molecule has 5 amide bonds. The molecule has 8 rings (SSSR count). The van der Waals surface area contributed by atoms with Gasteiger partial charge in [-0.2, -0.15) is 5.10 Å². The minimum atomic E-state index is -0.925. The zero-order valence-corrected chi connectivity index (χ0v) is 32.8. The van der Waals surface area contributed by atoms with E-state index in [2.05, 4.69) is 42.1 Å². The fraction of sp³-hybridized carbons (Fsp3) is 0.488. The maximum atomic E-state index is 14.5. The number of benzene rings is 2. The van der Waals surface area contributed by atoms with E-state index in [4.69, 9.17) is 0 Å². The van der Waals surface area contributed by atoms with Crippen molar-refractivity contribution in [2.24, 2.45) is 5.92 Å². The van der Waals surface area contributed by atoms with Gasteiger partial charge in [0.25, 0.3) is 0 Å². The van der Waals surface area contributed by atoms with Crippen molar-refractivity contribution in [3.05, 3.63) is 89.4 Å². The van der Waals surface area contributed by atoms with Crippen LogP contribution in [0.25, 0.3) is 10.9 Å². The van der Waals surface area contributed by atoms with Gasteiger partial charge in [-0.15, -0.1) is 0 Å². The lowest BCUT2D eigenvalue weighted by atomic mass is 9.90. The Labute approximate surface area is 333 Å². The predicted molar refractivity (Wildman–Crippen MR) is 217 cm³/mol. The lowest BCUT2D eigenvalue weighted by Gasteiger charge is -2.41. The Bertz CT molecular complexity index is 2050. The predicted octanol–water partition coefficient (Wildman–Crippen LogP) is 3.16. The number of anilines is 1. The summed E-state index contributed by atoms with van der Waals surface area (Å²) in [5.41, 5.74) is 6.16. The number of aromatic nitrogens is 3. The van der Waals surface area contributed by atoms with E-state index < -0.39 is 12.1 Å². The first-order valence-corrected chi connectivity index (χ1v) is 20.6. The molecule has 0 unspecified atom stereocenters. The Morgan fingerprint density at radius 2 is 1.60 bits per heavy atom. The first-order chi connectivity index (χ1) is 27.8. The summed E-state index contributed by atoms with van der Waals surface area (Å²) >= 11 is 0. The van der Waals surface area contributed by atoms with E-state index in [1.807, 2.05) is 59.2 Å². The van der Waals surface area contributed by atoms with Gasteiger partial charge in [0.15, 0.2) is 0 Å². The number of piperidine rings is 2. The van der Waals surface area contributed by atoms with Crippen LogP contribution < -0.4 is 20.9 Å². The molecule has 0 radical (unpaired) electrons. The number of urea groups is 1. The molecular weight excluding hydrogens is 721 g/mol. The van der Waals surface area contributed by atoms with Crippen molar-refractivity contribution >= 4 is 40.3 Å². The van der Waals surface area contributed by atoms with Gasteiger partial charge < -0.3 is 35.6 Å². The highest BCUT2D eigenvalue weighted by molar-refractivity contribution is 5.92. The van der Waals surface area contributed by atoms with Gasteiger partial charge in [0.2, 0.25) is 17.7 Å². The van der Waals surface area contributed by atoms with Crippen LogP contribution in [0, 0.1) is 12.8 Å². The van der Waals surface area contributed by atoms with Crippen LogP contribution in [0.4, 0.5) is 10.5 Å². The number of amides is 5. The molecule has 0 aliphatic carbocycles. The molecule has 14 nitrogen and oxygen atoms in total. The summed E-state index contributed by atoms with van der Waals surface area (Å²) in [6.45, 7) is 7.77. The number of hydrogen-bond donors (Lipinski definition) is 4. The molecule has 0 saturated carbocycles. The maximum Gasteiger partial charge on any atom is 0.318 e. The highest BCUT2D eigenvalue weighted by Gasteiger charge is 2.36. The van der Waals surface area contributed by atoms with Gasteiger partial charge in [-0.1, -0.05) is 30.3 Å². The highest BCUT2D eigenvalue weighted by Crippen LogP contribution is 2.27. The third-order valence-corrected chi connectivity index (χ3v) is 12.4. The summed E-state index contributed by atoms with van der Waals surface area (Å²) in [4.78, 5) is 68.0. The minimum Gasteiger partial charge on any atom is -0.368 e. The first-order valence-electron chi connectivity index (χ1n) is 20.6. The average Bonchev–Trinajstić information content (AvgIpc) is 3.73. The fourth-order valence-corrected chi connectivity index (χ4v) is 9.15. The maximum absolute atomic E-state index is 14.5. The monoisotopic (exact) mass is 774 g/mol.